The number of carbonyl (C=O) groups excluding carboxylic acids is 1. The SMILES string of the molecule is CC(C)(O)C#Cc1nc(CC(C)(C)OC(=O)NCC(Cc2ccc(C(F)(F)F)cc2)NC(=O)O)sc1-c1ccc2cnccc2c1. The van der Waals surface area contributed by atoms with E-state index in [4.69, 9.17) is 9.72 Å². The summed E-state index contributed by atoms with van der Waals surface area (Å²) in [6.45, 7) is 6.39. The smallest absolute Gasteiger partial charge is 0.416 e. The topological polar surface area (TPSA) is 134 Å². The summed E-state index contributed by atoms with van der Waals surface area (Å²) in [5.74, 6) is 5.79. The third kappa shape index (κ3) is 9.92. The molecule has 4 N–H and O–H groups in total. The van der Waals surface area contributed by atoms with Gasteiger partial charge in [0.15, 0.2) is 0 Å². The molecule has 0 aliphatic heterocycles. The lowest BCUT2D eigenvalue weighted by molar-refractivity contribution is -0.137. The van der Waals surface area contributed by atoms with Crippen molar-refractivity contribution in [2.24, 2.45) is 0 Å². The predicted molar refractivity (Wildman–Crippen MR) is 168 cm³/mol. The number of nitrogens with zero attached hydrogens (tertiary/aromatic N) is 2. The molecule has 2 amide bonds. The van der Waals surface area contributed by atoms with Gasteiger partial charge in [0.1, 0.15) is 16.9 Å². The van der Waals surface area contributed by atoms with E-state index in [9.17, 15) is 33.0 Å². The standard InChI is InChI=1S/C33H33F3N4O5S/c1-31(2,44)13-11-26-28(22-7-8-23-18-37-14-12-21(23)16-22)46-27(40-26)17-32(3,4)45-30(43)38-19-25(39-29(41)42)15-20-5-9-24(10-6-20)33(34,35)36/h5-10,12,14,16,18,25,39,44H,15,17,19H2,1-4H3,(H,38,43)(H,41,42). The number of halogens is 3. The molecule has 2 heterocycles. The van der Waals surface area contributed by atoms with Crippen LogP contribution in [-0.4, -0.2) is 56.2 Å². The number of nitrogens with one attached hydrogen (secondary N) is 2. The van der Waals surface area contributed by atoms with E-state index in [2.05, 4.69) is 27.5 Å². The van der Waals surface area contributed by atoms with Gasteiger partial charge in [-0.25, -0.2) is 14.6 Å². The van der Waals surface area contributed by atoms with E-state index >= 15 is 0 Å². The van der Waals surface area contributed by atoms with Crippen LogP contribution in [0.25, 0.3) is 21.2 Å². The first-order valence-electron chi connectivity index (χ1n) is 14.2. The first-order valence-corrected chi connectivity index (χ1v) is 15.0. The second-order valence-electron chi connectivity index (χ2n) is 11.8. The molecule has 9 nitrogen and oxygen atoms in total. The maximum atomic E-state index is 12.9. The number of ether oxygens (including phenoxy) is 1. The van der Waals surface area contributed by atoms with Crippen LogP contribution in [0.3, 0.4) is 0 Å². The summed E-state index contributed by atoms with van der Waals surface area (Å²) in [7, 11) is 0. The van der Waals surface area contributed by atoms with Crippen LogP contribution in [0.4, 0.5) is 22.8 Å². The average molecular weight is 655 g/mol. The summed E-state index contributed by atoms with van der Waals surface area (Å²) in [5, 5.41) is 26.8. The Morgan fingerprint density at radius 3 is 2.41 bits per heavy atom. The van der Waals surface area contributed by atoms with Crippen molar-refractivity contribution >= 4 is 34.3 Å². The van der Waals surface area contributed by atoms with Crippen molar-refractivity contribution in [1.82, 2.24) is 20.6 Å². The number of alkyl halides is 3. The zero-order valence-corrected chi connectivity index (χ0v) is 26.3. The molecule has 0 fully saturated rings. The molecule has 0 spiro atoms. The molecule has 0 aliphatic carbocycles. The van der Waals surface area contributed by atoms with Gasteiger partial charge in [-0.15, -0.1) is 11.3 Å². The number of carboxylic acid groups (broad SMARTS) is 1. The van der Waals surface area contributed by atoms with E-state index in [0.29, 0.717) is 16.3 Å². The molecule has 0 aliphatic rings. The van der Waals surface area contributed by atoms with Crippen molar-refractivity contribution < 1.29 is 37.7 Å². The minimum atomic E-state index is -4.49. The molecule has 0 radical (unpaired) electrons. The van der Waals surface area contributed by atoms with E-state index in [0.717, 1.165) is 33.3 Å². The van der Waals surface area contributed by atoms with Crippen molar-refractivity contribution in [2.75, 3.05) is 6.54 Å². The third-order valence-electron chi connectivity index (χ3n) is 6.59. The van der Waals surface area contributed by atoms with Crippen LogP contribution in [0.15, 0.2) is 60.9 Å². The van der Waals surface area contributed by atoms with Gasteiger partial charge < -0.3 is 25.6 Å². The number of amides is 2. The number of aliphatic hydroxyl groups is 1. The average Bonchev–Trinajstić information content (AvgIpc) is 3.35. The molecule has 2 aromatic carbocycles. The first-order chi connectivity index (χ1) is 21.5. The zero-order valence-electron chi connectivity index (χ0n) is 25.5. The summed E-state index contributed by atoms with van der Waals surface area (Å²) in [5.41, 5.74) is -1.30. The van der Waals surface area contributed by atoms with Crippen LogP contribution < -0.4 is 10.6 Å². The molecule has 46 heavy (non-hydrogen) atoms. The van der Waals surface area contributed by atoms with E-state index < -0.39 is 41.2 Å². The summed E-state index contributed by atoms with van der Waals surface area (Å²) in [4.78, 5) is 33.7. The van der Waals surface area contributed by atoms with E-state index in [1.165, 1.54) is 23.5 Å². The number of hydrogen-bond acceptors (Lipinski definition) is 7. The van der Waals surface area contributed by atoms with Gasteiger partial charge in [-0.3, -0.25) is 4.98 Å². The Morgan fingerprint density at radius 1 is 1.04 bits per heavy atom. The fourth-order valence-corrected chi connectivity index (χ4v) is 5.74. The van der Waals surface area contributed by atoms with Gasteiger partial charge in [0, 0.05) is 30.7 Å². The summed E-state index contributed by atoms with van der Waals surface area (Å²) in [6, 6.07) is 11.3. The molecule has 2 aromatic heterocycles. The van der Waals surface area contributed by atoms with Crippen molar-refractivity contribution in [1.29, 1.82) is 0 Å². The van der Waals surface area contributed by atoms with Gasteiger partial charge in [-0.2, -0.15) is 13.2 Å². The molecule has 1 unspecified atom stereocenters. The minimum absolute atomic E-state index is 0.0374. The summed E-state index contributed by atoms with van der Waals surface area (Å²) in [6.07, 6.45) is -2.91. The van der Waals surface area contributed by atoms with E-state index in [-0.39, 0.29) is 19.4 Å². The summed E-state index contributed by atoms with van der Waals surface area (Å²) < 4.78 is 44.3. The number of fused-ring (bicyclic) bond motifs is 1. The van der Waals surface area contributed by atoms with Gasteiger partial charge in [0.2, 0.25) is 0 Å². The van der Waals surface area contributed by atoms with Crippen LogP contribution in [0.2, 0.25) is 0 Å². The minimum Gasteiger partial charge on any atom is -0.465 e. The van der Waals surface area contributed by atoms with Gasteiger partial charge in [-0.1, -0.05) is 30.2 Å². The highest BCUT2D eigenvalue weighted by Crippen LogP contribution is 2.34. The number of alkyl carbamates (subject to hydrolysis) is 1. The maximum absolute atomic E-state index is 12.9. The Bertz CT molecular complexity index is 1770. The first kappa shape index (κ1) is 34.2. The molecule has 1 atom stereocenters. The fourth-order valence-electron chi connectivity index (χ4n) is 4.51. The highest BCUT2D eigenvalue weighted by atomic mass is 32.1. The lowest BCUT2D eigenvalue weighted by Gasteiger charge is -2.25. The molecule has 4 aromatic rings. The van der Waals surface area contributed by atoms with Crippen LogP contribution in [0.5, 0.6) is 0 Å². The van der Waals surface area contributed by atoms with Crippen LogP contribution in [0.1, 0.15) is 49.5 Å². The monoisotopic (exact) mass is 654 g/mol. The van der Waals surface area contributed by atoms with Crippen molar-refractivity contribution in [3.05, 3.63) is 82.8 Å². The number of carbonyl (C=O) groups is 2. The lowest BCUT2D eigenvalue weighted by atomic mass is 10.0. The molecule has 4 rings (SSSR count). The van der Waals surface area contributed by atoms with Crippen molar-refractivity contribution in [3.63, 3.8) is 0 Å². The zero-order chi connectivity index (χ0) is 33.7. The Morgan fingerprint density at radius 2 is 1.76 bits per heavy atom. The maximum Gasteiger partial charge on any atom is 0.416 e. The predicted octanol–water partition coefficient (Wildman–Crippen LogP) is 6.43. The normalized spacial score (nSPS) is 12.6. The lowest BCUT2D eigenvalue weighted by Crippen LogP contribution is -2.46. The molecule has 13 heteroatoms. The Labute approximate surface area is 267 Å². The van der Waals surface area contributed by atoms with Crippen LogP contribution in [-0.2, 0) is 23.8 Å². The second kappa shape index (κ2) is 13.8. The quantitative estimate of drug-likeness (QED) is 0.153. The Kier molecular flexibility index (Phi) is 10.2. The van der Waals surface area contributed by atoms with Gasteiger partial charge in [0.25, 0.3) is 0 Å². The molecular weight excluding hydrogens is 621 g/mol. The number of thiazole rings is 1. The summed E-state index contributed by atoms with van der Waals surface area (Å²) >= 11 is 1.39. The number of rotatable bonds is 9. The number of benzene rings is 2. The molecule has 242 valence electrons. The van der Waals surface area contributed by atoms with Crippen molar-refractivity contribution in [2.45, 2.75) is 64.0 Å². The largest absolute Gasteiger partial charge is 0.465 e. The fraction of sp³-hybridized carbons (Fsp3) is 0.333. The highest BCUT2D eigenvalue weighted by Gasteiger charge is 2.30. The molecule has 0 bridgehead atoms. The number of aromatic nitrogens is 2. The van der Waals surface area contributed by atoms with Crippen molar-refractivity contribution in [3.8, 4) is 22.3 Å². The highest BCUT2D eigenvalue weighted by molar-refractivity contribution is 7.15. The van der Waals surface area contributed by atoms with Gasteiger partial charge >= 0.3 is 18.4 Å². The second-order valence-corrected chi connectivity index (χ2v) is 12.9. The van der Waals surface area contributed by atoms with Crippen LogP contribution in [0, 0.1) is 11.8 Å². The molecule has 0 saturated heterocycles. The molecular formula is C33H33F3N4O5S. The number of hydrogen-bond donors (Lipinski definition) is 4. The van der Waals surface area contributed by atoms with Gasteiger partial charge in [0.05, 0.1) is 21.5 Å². The van der Waals surface area contributed by atoms with Gasteiger partial charge in [-0.05, 0) is 80.8 Å². The van der Waals surface area contributed by atoms with Crippen LogP contribution >= 0.6 is 11.3 Å². The van der Waals surface area contributed by atoms with E-state index in [1.807, 2.05) is 24.3 Å². The molecule has 0 saturated carbocycles. The van der Waals surface area contributed by atoms with E-state index in [1.54, 1.807) is 40.1 Å². The Hall–Kier alpha value is -4.67. The number of pyridine rings is 1. The Balaban J connectivity index is 1.45. The third-order valence-corrected chi connectivity index (χ3v) is 7.70.